The van der Waals surface area contributed by atoms with Gasteiger partial charge in [-0.15, -0.1) is 0 Å². The van der Waals surface area contributed by atoms with E-state index in [9.17, 15) is 14.9 Å². The lowest BCUT2D eigenvalue weighted by Crippen LogP contribution is -2.54. The van der Waals surface area contributed by atoms with Crippen LogP contribution in [0.3, 0.4) is 0 Å². The highest BCUT2D eigenvalue weighted by Crippen LogP contribution is 2.32. The van der Waals surface area contributed by atoms with Crippen LogP contribution in [0.15, 0.2) is 66.9 Å². The van der Waals surface area contributed by atoms with Crippen LogP contribution in [0.25, 0.3) is 22.2 Å². The van der Waals surface area contributed by atoms with E-state index in [0.29, 0.717) is 43.1 Å². The van der Waals surface area contributed by atoms with Crippen molar-refractivity contribution in [2.45, 2.75) is 31.6 Å². The summed E-state index contributed by atoms with van der Waals surface area (Å²) in [5.74, 6) is -0.267. The van der Waals surface area contributed by atoms with Crippen molar-refractivity contribution in [3.8, 4) is 17.3 Å². The quantitative estimate of drug-likeness (QED) is 0.388. The van der Waals surface area contributed by atoms with Crippen LogP contribution in [-0.2, 0) is 28.0 Å². The van der Waals surface area contributed by atoms with Gasteiger partial charge in [-0.1, -0.05) is 18.2 Å². The second-order valence-corrected chi connectivity index (χ2v) is 10.7. The fraction of sp³-hybridized carbons (Fsp3) is 0.281. The average molecular weight is 548 g/mol. The number of pyridine rings is 2. The van der Waals surface area contributed by atoms with Gasteiger partial charge in [0.25, 0.3) is 11.8 Å². The number of methoxy groups -OCH3 is 1. The van der Waals surface area contributed by atoms with Crippen LogP contribution in [0.1, 0.15) is 44.5 Å². The number of rotatable bonds is 6. The minimum absolute atomic E-state index is 0.0207. The second-order valence-electron chi connectivity index (χ2n) is 10.7. The second kappa shape index (κ2) is 10.7. The topological polar surface area (TPSA) is 117 Å². The van der Waals surface area contributed by atoms with Crippen LogP contribution in [0.2, 0.25) is 0 Å². The van der Waals surface area contributed by atoms with Crippen LogP contribution in [-0.4, -0.2) is 59.6 Å². The van der Waals surface area contributed by atoms with Crippen molar-refractivity contribution in [1.29, 1.82) is 5.26 Å². The Bertz CT molecular complexity index is 1710. The van der Waals surface area contributed by atoms with Gasteiger partial charge in [0.05, 0.1) is 48.8 Å². The van der Waals surface area contributed by atoms with Crippen molar-refractivity contribution in [3.05, 3.63) is 94.8 Å². The first-order chi connectivity index (χ1) is 19.9. The lowest BCUT2D eigenvalue weighted by Gasteiger charge is -2.38. The SMILES string of the molecule is COC1CN(C(=O)c2cccc(-c3ccc4cnc(CNC(=O)c5ccc6c(c5)[C@](C)(C#N)COC6)cc4n3)c2)C1. The third-order valence-electron chi connectivity index (χ3n) is 7.80. The molecule has 1 fully saturated rings. The molecule has 2 amide bonds. The molecule has 2 aromatic carbocycles. The van der Waals surface area contributed by atoms with Gasteiger partial charge in [-0.3, -0.25) is 14.6 Å². The fourth-order valence-corrected chi connectivity index (χ4v) is 5.23. The molecule has 2 aliphatic rings. The number of nitrogens with zero attached hydrogens (tertiary/aromatic N) is 4. The van der Waals surface area contributed by atoms with Gasteiger partial charge < -0.3 is 19.7 Å². The van der Waals surface area contributed by atoms with Gasteiger partial charge in [-0.2, -0.15) is 5.26 Å². The summed E-state index contributed by atoms with van der Waals surface area (Å²) < 4.78 is 10.8. The van der Waals surface area contributed by atoms with E-state index < -0.39 is 5.41 Å². The number of ether oxygens (including phenoxy) is 2. The Hall–Kier alpha value is -4.65. The van der Waals surface area contributed by atoms with Gasteiger partial charge in [0, 0.05) is 48.5 Å². The van der Waals surface area contributed by atoms with Crippen LogP contribution >= 0.6 is 0 Å². The van der Waals surface area contributed by atoms with Crippen LogP contribution in [0, 0.1) is 11.3 Å². The summed E-state index contributed by atoms with van der Waals surface area (Å²) in [7, 11) is 1.66. The summed E-state index contributed by atoms with van der Waals surface area (Å²) in [5, 5.41) is 13.5. The monoisotopic (exact) mass is 547 g/mol. The van der Waals surface area contributed by atoms with Crippen LogP contribution < -0.4 is 5.32 Å². The maximum atomic E-state index is 13.0. The van der Waals surface area contributed by atoms with Gasteiger partial charge >= 0.3 is 0 Å². The number of aromatic nitrogens is 2. The number of nitriles is 1. The molecule has 4 aromatic rings. The maximum absolute atomic E-state index is 13.0. The standard InChI is InChI=1S/C32H29N5O4/c1-32(18-33)19-41-17-24-7-6-21(11-27(24)32)30(38)35-14-25-12-29-23(13-34-25)8-9-28(36-29)20-4-3-5-22(10-20)31(39)37-15-26(16-37)40-2/h3-13,26H,14-17,19H2,1-2H3,(H,35,38)/t32-/m1/s1. The highest BCUT2D eigenvalue weighted by atomic mass is 16.5. The molecule has 2 aliphatic heterocycles. The molecule has 0 bridgehead atoms. The van der Waals surface area contributed by atoms with E-state index in [2.05, 4.69) is 16.4 Å². The third kappa shape index (κ3) is 5.15. The van der Waals surface area contributed by atoms with E-state index in [-0.39, 0.29) is 24.5 Å². The summed E-state index contributed by atoms with van der Waals surface area (Å²) in [6.07, 6.45) is 1.84. The molecule has 0 unspecified atom stereocenters. The highest BCUT2D eigenvalue weighted by molar-refractivity contribution is 5.96. The Morgan fingerprint density at radius 2 is 2.00 bits per heavy atom. The Labute approximate surface area is 237 Å². The minimum Gasteiger partial charge on any atom is -0.378 e. The molecular formula is C32H29N5O4. The number of nitrogens with one attached hydrogen (secondary N) is 1. The van der Waals surface area contributed by atoms with Gasteiger partial charge in [0.1, 0.15) is 5.41 Å². The summed E-state index contributed by atoms with van der Waals surface area (Å²) in [6, 6.07) is 20.9. The number of benzene rings is 2. The molecular weight excluding hydrogens is 518 g/mol. The molecule has 6 rings (SSSR count). The molecule has 41 heavy (non-hydrogen) atoms. The zero-order valence-electron chi connectivity index (χ0n) is 22.9. The van der Waals surface area contributed by atoms with E-state index in [0.717, 1.165) is 33.3 Å². The first-order valence-corrected chi connectivity index (χ1v) is 13.5. The number of hydrogen-bond acceptors (Lipinski definition) is 7. The number of hydrogen-bond donors (Lipinski definition) is 1. The predicted octanol–water partition coefficient (Wildman–Crippen LogP) is 4.01. The molecule has 0 aliphatic carbocycles. The number of fused-ring (bicyclic) bond motifs is 2. The molecule has 1 N–H and O–H groups in total. The lowest BCUT2D eigenvalue weighted by atomic mass is 9.79. The summed E-state index contributed by atoms with van der Waals surface area (Å²) in [5.41, 5.74) is 5.04. The van der Waals surface area contributed by atoms with E-state index in [1.807, 2.05) is 55.5 Å². The molecule has 0 saturated carbocycles. The van der Waals surface area contributed by atoms with Gasteiger partial charge in [-0.05, 0) is 60.5 Å². The van der Waals surface area contributed by atoms with Crippen molar-refractivity contribution in [2.24, 2.45) is 0 Å². The predicted molar refractivity (Wildman–Crippen MR) is 152 cm³/mol. The fourth-order valence-electron chi connectivity index (χ4n) is 5.23. The molecule has 4 heterocycles. The smallest absolute Gasteiger partial charge is 0.254 e. The minimum atomic E-state index is -0.790. The maximum Gasteiger partial charge on any atom is 0.254 e. The molecule has 1 atom stereocenters. The summed E-state index contributed by atoms with van der Waals surface area (Å²) in [6.45, 7) is 3.97. The molecule has 9 heteroatoms. The number of amides is 2. The van der Waals surface area contributed by atoms with Gasteiger partial charge in [0.2, 0.25) is 0 Å². The normalized spacial score (nSPS) is 18.3. The molecule has 9 nitrogen and oxygen atoms in total. The number of carbonyl (C=O) groups is 2. The van der Waals surface area contributed by atoms with Crippen molar-refractivity contribution in [1.82, 2.24) is 20.2 Å². The molecule has 1 saturated heterocycles. The first-order valence-electron chi connectivity index (χ1n) is 13.5. The van der Waals surface area contributed by atoms with Gasteiger partial charge in [0.15, 0.2) is 0 Å². The molecule has 2 aromatic heterocycles. The third-order valence-corrected chi connectivity index (χ3v) is 7.80. The van der Waals surface area contributed by atoms with E-state index in [1.165, 1.54) is 0 Å². The first kappa shape index (κ1) is 26.6. The Balaban J connectivity index is 1.18. The van der Waals surface area contributed by atoms with Crippen LogP contribution in [0.4, 0.5) is 0 Å². The Morgan fingerprint density at radius 1 is 1.15 bits per heavy atom. The van der Waals surface area contributed by atoms with Crippen molar-refractivity contribution in [3.63, 3.8) is 0 Å². The van der Waals surface area contributed by atoms with Crippen molar-refractivity contribution < 1.29 is 19.1 Å². The van der Waals surface area contributed by atoms with Crippen molar-refractivity contribution in [2.75, 3.05) is 26.8 Å². The largest absolute Gasteiger partial charge is 0.378 e. The zero-order chi connectivity index (χ0) is 28.6. The Kier molecular flexibility index (Phi) is 6.95. The molecule has 206 valence electrons. The van der Waals surface area contributed by atoms with Crippen LogP contribution in [0.5, 0.6) is 0 Å². The van der Waals surface area contributed by atoms with E-state index in [1.54, 1.807) is 30.3 Å². The number of carbonyl (C=O) groups excluding carboxylic acids is 2. The molecule has 0 spiro atoms. The lowest BCUT2D eigenvalue weighted by molar-refractivity contribution is -0.0191. The average Bonchev–Trinajstić information content (AvgIpc) is 2.99. The molecule has 0 radical (unpaired) electrons. The summed E-state index contributed by atoms with van der Waals surface area (Å²) in [4.78, 5) is 37.0. The number of likely N-dealkylation sites (tertiary alicyclic amines) is 1. The highest BCUT2D eigenvalue weighted by Gasteiger charge is 2.34. The summed E-state index contributed by atoms with van der Waals surface area (Å²) >= 11 is 0. The van der Waals surface area contributed by atoms with E-state index in [4.69, 9.17) is 14.5 Å². The van der Waals surface area contributed by atoms with Crippen molar-refractivity contribution >= 4 is 22.7 Å². The zero-order valence-corrected chi connectivity index (χ0v) is 22.9. The van der Waals surface area contributed by atoms with Gasteiger partial charge in [-0.25, -0.2) is 4.98 Å². The van der Waals surface area contributed by atoms with E-state index >= 15 is 0 Å². The Morgan fingerprint density at radius 3 is 2.80 bits per heavy atom.